The number of nitrogen functional groups attached to an aromatic ring is 1. The van der Waals surface area contributed by atoms with Gasteiger partial charge in [0.15, 0.2) is 0 Å². The summed E-state index contributed by atoms with van der Waals surface area (Å²) in [5.74, 6) is -0.329. The first kappa shape index (κ1) is 12.9. The molecule has 1 amide bonds. The maximum Gasteiger partial charge on any atom is 0.273 e. The number of nitrogens with zero attached hydrogens (tertiary/aromatic N) is 1. The molecule has 0 spiro atoms. The number of hydrogen-bond donors (Lipinski definition) is 3. The number of hydrogen-bond acceptors (Lipinski definition) is 3. The zero-order chi connectivity index (χ0) is 14.7. The lowest BCUT2D eigenvalue weighted by atomic mass is 10.2. The summed E-state index contributed by atoms with van der Waals surface area (Å²) < 4.78 is 0. The molecule has 0 saturated carbocycles. The highest BCUT2D eigenvalue weighted by molar-refractivity contribution is 6.01. The van der Waals surface area contributed by atoms with Crippen LogP contribution in [0.5, 0.6) is 0 Å². The van der Waals surface area contributed by atoms with Gasteiger partial charge in [0, 0.05) is 28.4 Å². The van der Waals surface area contributed by atoms with Crippen LogP contribution in [0.3, 0.4) is 0 Å². The third kappa shape index (κ3) is 2.62. The van der Waals surface area contributed by atoms with Gasteiger partial charge in [0.05, 0.1) is 11.8 Å². The van der Waals surface area contributed by atoms with E-state index in [1.165, 1.54) is 0 Å². The SMILES string of the molecule is Nc1ccccc1C(=O)N/N=C/c1c[nH]c2ccccc12. The Labute approximate surface area is 121 Å². The van der Waals surface area contributed by atoms with Crippen molar-refractivity contribution in [3.05, 3.63) is 65.9 Å². The molecule has 0 atom stereocenters. The molecule has 0 aliphatic carbocycles. The number of benzene rings is 2. The quantitative estimate of drug-likeness (QED) is 0.391. The van der Waals surface area contributed by atoms with Crippen LogP contribution in [-0.2, 0) is 0 Å². The number of aromatic nitrogens is 1. The van der Waals surface area contributed by atoms with Crippen LogP contribution in [0.4, 0.5) is 5.69 Å². The summed E-state index contributed by atoms with van der Waals surface area (Å²) in [6, 6.07) is 14.8. The first-order chi connectivity index (χ1) is 10.3. The average molecular weight is 278 g/mol. The number of carbonyl (C=O) groups is 1. The van der Waals surface area contributed by atoms with Crippen molar-refractivity contribution in [1.82, 2.24) is 10.4 Å². The summed E-state index contributed by atoms with van der Waals surface area (Å²) in [6.07, 6.45) is 3.45. The lowest BCUT2D eigenvalue weighted by Gasteiger charge is -2.02. The Morgan fingerprint density at radius 1 is 1.14 bits per heavy atom. The molecular weight excluding hydrogens is 264 g/mol. The van der Waals surface area contributed by atoms with Crippen LogP contribution in [0.25, 0.3) is 10.9 Å². The van der Waals surface area contributed by atoms with Crippen LogP contribution in [0.1, 0.15) is 15.9 Å². The number of aromatic amines is 1. The number of fused-ring (bicyclic) bond motifs is 1. The number of carbonyl (C=O) groups excluding carboxylic acids is 1. The van der Waals surface area contributed by atoms with Gasteiger partial charge in [-0.25, -0.2) is 5.43 Å². The number of H-pyrrole nitrogens is 1. The molecule has 5 heteroatoms. The van der Waals surface area contributed by atoms with Crippen molar-refractivity contribution in [1.29, 1.82) is 0 Å². The van der Waals surface area contributed by atoms with E-state index in [4.69, 9.17) is 5.73 Å². The van der Waals surface area contributed by atoms with E-state index in [-0.39, 0.29) is 5.91 Å². The third-order valence-corrected chi connectivity index (χ3v) is 3.20. The van der Waals surface area contributed by atoms with Crippen molar-refractivity contribution in [3.8, 4) is 0 Å². The topological polar surface area (TPSA) is 83.3 Å². The first-order valence-electron chi connectivity index (χ1n) is 6.50. The molecule has 3 aromatic rings. The summed E-state index contributed by atoms with van der Waals surface area (Å²) in [7, 11) is 0. The Hall–Kier alpha value is -3.08. The smallest absolute Gasteiger partial charge is 0.273 e. The normalized spacial score (nSPS) is 11.0. The molecular formula is C16H14N4O. The second-order valence-electron chi connectivity index (χ2n) is 4.58. The summed E-state index contributed by atoms with van der Waals surface area (Å²) >= 11 is 0. The van der Waals surface area contributed by atoms with Gasteiger partial charge in [-0.05, 0) is 18.2 Å². The Kier molecular flexibility index (Phi) is 3.39. The fourth-order valence-corrected chi connectivity index (χ4v) is 2.13. The van der Waals surface area contributed by atoms with Gasteiger partial charge < -0.3 is 10.7 Å². The Bertz CT molecular complexity index is 820. The molecule has 21 heavy (non-hydrogen) atoms. The van der Waals surface area contributed by atoms with Crippen LogP contribution in [-0.4, -0.2) is 17.1 Å². The highest BCUT2D eigenvalue weighted by atomic mass is 16.2. The number of nitrogens with two attached hydrogens (primary N) is 1. The highest BCUT2D eigenvalue weighted by Crippen LogP contribution is 2.15. The number of para-hydroxylation sites is 2. The molecule has 0 bridgehead atoms. The van der Waals surface area contributed by atoms with Crippen LogP contribution in [0.2, 0.25) is 0 Å². The summed E-state index contributed by atoms with van der Waals surface area (Å²) in [5, 5.41) is 5.03. The van der Waals surface area contributed by atoms with E-state index in [9.17, 15) is 4.79 Å². The molecule has 4 N–H and O–H groups in total. The van der Waals surface area contributed by atoms with E-state index in [1.807, 2.05) is 30.5 Å². The van der Waals surface area contributed by atoms with Crippen LogP contribution in [0, 0.1) is 0 Å². The molecule has 0 radical (unpaired) electrons. The third-order valence-electron chi connectivity index (χ3n) is 3.20. The van der Waals surface area contributed by atoms with E-state index < -0.39 is 0 Å². The van der Waals surface area contributed by atoms with Gasteiger partial charge in [-0.3, -0.25) is 4.79 Å². The zero-order valence-corrected chi connectivity index (χ0v) is 11.2. The molecule has 1 aromatic heterocycles. The molecule has 104 valence electrons. The molecule has 0 fully saturated rings. The van der Waals surface area contributed by atoms with Crippen molar-refractivity contribution < 1.29 is 4.79 Å². The molecule has 3 rings (SSSR count). The minimum Gasteiger partial charge on any atom is -0.398 e. The second-order valence-corrected chi connectivity index (χ2v) is 4.58. The van der Waals surface area contributed by atoms with Gasteiger partial charge in [-0.15, -0.1) is 0 Å². The lowest BCUT2D eigenvalue weighted by Crippen LogP contribution is -2.18. The van der Waals surface area contributed by atoms with Crippen molar-refractivity contribution in [2.75, 3.05) is 5.73 Å². The maximum absolute atomic E-state index is 11.9. The molecule has 0 unspecified atom stereocenters. The lowest BCUT2D eigenvalue weighted by molar-refractivity contribution is 0.0956. The Morgan fingerprint density at radius 2 is 1.90 bits per heavy atom. The minimum atomic E-state index is -0.329. The van der Waals surface area contributed by atoms with Gasteiger partial charge >= 0.3 is 0 Å². The van der Waals surface area contributed by atoms with Crippen LogP contribution >= 0.6 is 0 Å². The number of anilines is 1. The van der Waals surface area contributed by atoms with E-state index in [0.29, 0.717) is 11.3 Å². The molecule has 5 nitrogen and oxygen atoms in total. The Morgan fingerprint density at radius 3 is 2.76 bits per heavy atom. The van der Waals surface area contributed by atoms with Gasteiger partial charge in [0.2, 0.25) is 0 Å². The van der Waals surface area contributed by atoms with Crippen molar-refractivity contribution in [2.45, 2.75) is 0 Å². The van der Waals surface area contributed by atoms with Crippen molar-refractivity contribution >= 4 is 28.7 Å². The number of hydrazone groups is 1. The van der Waals surface area contributed by atoms with Crippen molar-refractivity contribution in [3.63, 3.8) is 0 Å². The summed E-state index contributed by atoms with van der Waals surface area (Å²) in [4.78, 5) is 15.1. The van der Waals surface area contributed by atoms with E-state index in [0.717, 1.165) is 16.5 Å². The van der Waals surface area contributed by atoms with Crippen LogP contribution in [0.15, 0.2) is 59.8 Å². The van der Waals surface area contributed by atoms with Gasteiger partial charge in [0.25, 0.3) is 5.91 Å². The zero-order valence-electron chi connectivity index (χ0n) is 11.2. The molecule has 0 aliphatic rings. The minimum absolute atomic E-state index is 0.329. The van der Waals surface area contributed by atoms with Crippen molar-refractivity contribution in [2.24, 2.45) is 5.10 Å². The summed E-state index contributed by atoms with van der Waals surface area (Å²) in [6.45, 7) is 0. The van der Waals surface area contributed by atoms with Gasteiger partial charge in [-0.1, -0.05) is 30.3 Å². The number of rotatable bonds is 3. The predicted octanol–water partition coefficient (Wildman–Crippen LogP) is 2.51. The number of nitrogens with one attached hydrogen (secondary N) is 2. The average Bonchev–Trinajstić information content (AvgIpc) is 2.91. The predicted molar refractivity (Wildman–Crippen MR) is 84.2 cm³/mol. The molecule has 0 saturated heterocycles. The monoisotopic (exact) mass is 278 g/mol. The molecule has 0 aliphatic heterocycles. The van der Waals surface area contributed by atoms with Gasteiger partial charge in [0.1, 0.15) is 0 Å². The standard InChI is InChI=1S/C16H14N4O/c17-14-7-3-1-6-13(14)16(21)20-19-10-11-9-18-15-8-4-2-5-12(11)15/h1-10,18H,17H2,(H,20,21)/b19-10+. The fourth-order valence-electron chi connectivity index (χ4n) is 2.13. The van der Waals surface area contributed by atoms with Gasteiger partial charge in [-0.2, -0.15) is 5.10 Å². The highest BCUT2D eigenvalue weighted by Gasteiger charge is 2.07. The van der Waals surface area contributed by atoms with Crippen LogP contribution < -0.4 is 11.2 Å². The van der Waals surface area contributed by atoms with E-state index >= 15 is 0 Å². The first-order valence-corrected chi connectivity index (χ1v) is 6.50. The summed E-state index contributed by atoms with van der Waals surface area (Å²) in [5.41, 5.74) is 11.0. The van der Waals surface area contributed by atoms with E-state index in [2.05, 4.69) is 15.5 Å². The maximum atomic E-state index is 11.9. The molecule has 2 aromatic carbocycles. The molecule has 1 heterocycles. The second kappa shape index (κ2) is 5.50. The van der Waals surface area contributed by atoms with E-state index in [1.54, 1.807) is 30.5 Å². The fraction of sp³-hybridized carbons (Fsp3) is 0. The Balaban J connectivity index is 1.76. The number of amides is 1. The largest absolute Gasteiger partial charge is 0.398 e.